The third-order valence-corrected chi connectivity index (χ3v) is 2.57. The average molecular weight is 313 g/mol. The highest BCUT2D eigenvalue weighted by atomic mass is 19.4. The van der Waals surface area contributed by atoms with Gasteiger partial charge in [0.2, 0.25) is 0 Å². The van der Waals surface area contributed by atoms with Gasteiger partial charge in [0.15, 0.2) is 0 Å². The summed E-state index contributed by atoms with van der Waals surface area (Å²) in [5, 5.41) is 22.1. The van der Waals surface area contributed by atoms with Crippen molar-refractivity contribution in [3.05, 3.63) is 41.6 Å². The number of nitriles is 1. The first kappa shape index (κ1) is 17.5. The molecule has 1 aromatic rings. The van der Waals surface area contributed by atoms with Crippen molar-refractivity contribution >= 4 is 11.6 Å². The monoisotopic (exact) mass is 313 g/mol. The smallest absolute Gasteiger partial charge is 0.396 e. The van der Waals surface area contributed by atoms with Crippen LogP contribution in [0.4, 0.5) is 18.9 Å². The van der Waals surface area contributed by atoms with Crippen molar-refractivity contribution in [1.82, 2.24) is 5.32 Å². The molecule has 0 aliphatic carbocycles. The Bertz CT molecular complexity index is 592. The van der Waals surface area contributed by atoms with Crippen molar-refractivity contribution in [3.8, 4) is 6.07 Å². The fourth-order valence-corrected chi connectivity index (χ4v) is 1.53. The second kappa shape index (κ2) is 8.05. The van der Waals surface area contributed by atoms with Gasteiger partial charge in [-0.05, 0) is 18.6 Å². The summed E-state index contributed by atoms with van der Waals surface area (Å²) in [6, 6.07) is 6.10. The van der Waals surface area contributed by atoms with Gasteiger partial charge in [0.25, 0.3) is 5.91 Å². The lowest BCUT2D eigenvalue weighted by molar-refractivity contribution is -0.137. The Morgan fingerprint density at radius 2 is 2.05 bits per heavy atom. The summed E-state index contributed by atoms with van der Waals surface area (Å²) in [7, 11) is 0. The van der Waals surface area contributed by atoms with E-state index in [4.69, 9.17) is 10.4 Å². The van der Waals surface area contributed by atoms with E-state index < -0.39 is 23.3 Å². The Morgan fingerprint density at radius 3 is 2.64 bits per heavy atom. The lowest BCUT2D eigenvalue weighted by Crippen LogP contribution is -2.19. The Kier molecular flexibility index (Phi) is 6.41. The van der Waals surface area contributed by atoms with E-state index in [0.29, 0.717) is 13.0 Å². The van der Waals surface area contributed by atoms with Crippen LogP contribution >= 0.6 is 0 Å². The van der Waals surface area contributed by atoms with Crippen molar-refractivity contribution < 1.29 is 23.1 Å². The van der Waals surface area contributed by atoms with Gasteiger partial charge < -0.3 is 15.7 Å². The Morgan fingerprint density at radius 1 is 1.36 bits per heavy atom. The minimum Gasteiger partial charge on any atom is -0.396 e. The second-order valence-electron chi connectivity index (χ2n) is 4.20. The number of para-hydroxylation sites is 1. The molecule has 0 atom stereocenters. The van der Waals surface area contributed by atoms with E-state index >= 15 is 0 Å². The molecule has 0 radical (unpaired) electrons. The number of rotatable bonds is 6. The van der Waals surface area contributed by atoms with E-state index in [9.17, 15) is 18.0 Å². The van der Waals surface area contributed by atoms with Crippen molar-refractivity contribution in [2.45, 2.75) is 12.6 Å². The van der Waals surface area contributed by atoms with Crippen molar-refractivity contribution in [1.29, 1.82) is 5.26 Å². The summed E-state index contributed by atoms with van der Waals surface area (Å²) in [6.07, 6.45) is -3.10. The largest absolute Gasteiger partial charge is 0.418 e. The van der Waals surface area contributed by atoms with Crippen LogP contribution in [0.3, 0.4) is 0 Å². The second-order valence-corrected chi connectivity index (χ2v) is 4.20. The van der Waals surface area contributed by atoms with E-state index in [0.717, 1.165) is 18.3 Å². The minimum atomic E-state index is -4.61. The van der Waals surface area contributed by atoms with Gasteiger partial charge in [-0.15, -0.1) is 0 Å². The molecule has 22 heavy (non-hydrogen) atoms. The first-order chi connectivity index (χ1) is 10.4. The Labute approximate surface area is 125 Å². The molecule has 0 aromatic heterocycles. The van der Waals surface area contributed by atoms with Crippen molar-refractivity contribution in [2.24, 2.45) is 0 Å². The van der Waals surface area contributed by atoms with Crippen LogP contribution in [-0.4, -0.2) is 24.2 Å². The van der Waals surface area contributed by atoms with Crippen LogP contribution in [0.5, 0.6) is 0 Å². The summed E-state index contributed by atoms with van der Waals surface area (Å²) < 4.78 is 38.4. The molecular formula is C14H14F3N3O2. The maximum Gasteiger partial charge on any atom is 0.418 e. The number of alkyl halides is 3. The van der Waals surface area contributed by atoms with Gasteiger partial charge >= 0.3 is 6.18 Å². The van der Waals surface area contributed by atoms with Gasteiger partial charge in [-0.2, -0.15) is 18.4 Å². The molecule has 0 fully saturated rings. The summed E-state index contributed by atoms with van der Waals surface area (Å²) in [5.74, 6) is -0.948. The number of hydrogen-bond acceptors (Lipinski definition) is 4. The summed E-state index contributed by atoms with van der Waals surface area (Å²) in [6.45, 7) is 0.266. The van der Waals surface area contributed by atoms with Crippen LogP contribution in [0.15, 0.2) is 36.0 Å². The van der Waals surface area contributed by atoms with Crippen LogP contribution in [0.25, 0.3) is 0 Å². The minimum absolute atomic E-state index is 0.0616. The van der Waals surface area contributed by atoms with Gasteiger partial charge in [-0.1, -0.05) is 12.1 Å². The number of nitrogens with one attached hydrogen (secondary N) is 2. The number of carbonyl (C=O) groups is 1. The van der Waals surface area contributed by atoms with Gasteiger partial charge in [0.1, 0.15) is 11.6 Å². The SMILES string of the molecule is N#C/C(=C/NCCCO)C(=O)Nc1ccccc1C(F)(F)F. The van der Waals surface area contributed by atoms with Crippen LogP contribution in [0.2, 0.25) is 0 Å². The highest BCUT2D eigenvalue weighted by molar-refractivity contribution is 6.06. The summed E-state index contributed by atoms with van der Waals surface area (Å²) in [4.78, 5) is 11.8. The first-order valence-corrected chi connectivity index (χ1v) is 6.32. The quantitative estimate of drug-likeness (QED) is 0.426. The van der Waals surface area contributed by atoms with Crippen molar-refractivity contribution in [3.63, 3.8) is 0 Å². The molecule has 0 bridgehead atoms. The van der Waals surface area contributed by atoms with Gasteiger partial charge in [-0.3, -0.25) is 4.79 Å². The molecule has 0 aliphatic rings. The molecule has 8 heteroatoms. The van der Waals surface area contributed by atoms with Crippen LogP contribution in [0, 0.1) is 11.3 Å². The van der Waals surface area contributed by atoms with Gasteiger partial charge in [-0.25, -0.2) is 0 Å². The standard InChI is InChI=1S/C14H14F3N3O2/c15-14(16,17)11-4-1-2-5-12(11)20-13(22)10(8-18)9-19-6-3-7-21/h1-2,4-5,9,19,21H,3,6-7H2,(H,20,22)/b10-9-. The van der Waals surface area contributed by atoms with E-state index in [-0.39, 0.29) is 12.2 Å². The summed E-state index contributed by atoms with van der Waals surface area (Å²) >= 11 is 0. The molecule has 0 aliphatic heterocycles. The predicted octanol–water partition coefficient (Wildman–Crippen LogP) is 2.02. The molecule has 3 N–H and O–H groups in total. The zero-order valence-electron chi connectivity index (χ0n) is 11.4. The molecule has 0 heterocycles. The number of anilines is 1. The molecule has 5 nitrogen and oxygen atoms in total. The normalized spacial score (nSPS) is 11.7. The number of hydrogen-bond donors (Lipinski definition) is 3. The van der Waals surface area contributed by atoms with Crippen LogP contribution < -0.4 is 10.6 Å². The summed E-state index contributed by atoms with van der Waals surface area (Å²) in [5.41, 5.74) is -1.78. The Balaban J connectivity index is 2.86. The molecule has 118 valence electrons. The zero-order valence-corrected chi connectivity index (χ0v) is 11.4. The van der Waals surface area contributed by atoms with Gasteiger partial charge in [0, 0.05) is 19.4 Å². The Hall–Kier alpha value is -2.53. The third-order valence-electron chi connectivity index (χ3n) is 2.57. The number of nitrogens with zero attached hydrogens (tertiary/aromatic N) is 1. The molecule has 0 unspecified atom stereocenters. The number of benzene rings is 1. The van der Waals surface area contributed by atoms with Crippen molar-refractivity contribution in [2.75, 3.05) is 18.5 Å². The molecule has 0 saturated heterocycles. The van der Waals surface area contributed by atoms with E-state index in [1.54, 1.807) is 6.07 Å². The maximum absolute atomic E-state index is 12.8. The highest BCUT2D eigenvalue weighted by Gasteiger charge is 2.33. The fourth-order valence-electron chi connectivity index (χ4n) is 1.53. The lowest BCUT2D eigenvalue weighted by atomic mass is 10.1. The van der Waals surface area contributed by atoms with E-state index in [2.05, 4.69) is 10.6 Å². The van der Waals surface area contributed by atoms with E-state index in [1.165, 1.54) is 12.1 Å². The number of amides is 1. The fraction of sp³-hybridized carbons (Fsp3) is 0.286. The molecule has 1 rings (SSSR count). The van der Waals surface area contributed by atoms with Crippen LogP contribution in [-0.2, 0) is 11.0 Å². The highest BCUT2D eigenvalue weighted by Crippen LogP contribution is 2.34. The number of aliphatic hydroxyl groups excluding tert-OH is 1. The predicted molar refractivity (Wildman–Crippen MR) is 73.5 cm³/mol. The number of halogens is 3. The van der Waals surface area contributed by atoms with E-state index in [1.807, 2.05) is 0 Å². The lowest BCUT2D eigenvalue weighted by Gasteiger charge is -2.13. The third kappa shape index (κ3) is 5.10. The number of carbonyl (C=O) groups excluding carboxylic acids is 1. The number of aliphatic hydroxyl groups is 1. The molecule has 1 aromatic carbocycles. The maximum atomic E-state index is 12.8. The molecule has 1 amide bonds. The topological polar surface area (TPSA) is 85.2 Å². The van der Waals surface area contributed by atoms with Gasteiger partial charge in [0.05, 0.1) is 11.3 Å². The van der Waals surface area contributed by atoms with Crippen LogP contribution in [0.1, 0.15) is 12.0 Å². The molecule has 0 saturated carbocycles. The molecular weight excluding hydrogens is 299 g/mol. The average Bonchev–Trinajstić information content (AvgIpc) is 2.46. The zero-order chi connectivity index (χ0) is 16.6. The molecule has 0 spiro atoms. The first-order valence-electron chi connectivity index (χ1n) is 6.32.